The highest BCUT2D eigenvalue weighted by Crippen LogP contribution is 2.43. The molecule has 30 heavy (non-hydrogen) atoms. The highest BCUT2D eigenvalue weighted by Gasteiger charge is 2.32. The number of carbonyl (C=O) groups is 1. The van der Waals surface area contributed by atoms with E-state index in [-0.39, 0.29) is 17.8 Å². The number of amides is 1. The van der Waals surface area contributed by atoms with Gasteiger partial charge in [-0.05, 0) is 44.0 Å². The van der Waals surface area contributed by atoms with Gasteiger partial charge < -0.3 is 10.2 Å². The molecule has 158 valence electrons. The van der Waals surface area contributed by atoms with E-state index in [1.807, 2.05) is 29.6 Å². The number of nitrogens with zero attached hydrogens (tertiary/aromatic N) is 2. The van der Waals surface area contributed by atoms with Crippen molar-refractivity contribution >= 4 is 33.6 Å². The van der Waals surface area contributed by atoms with Crippen LogP contribution in [0.3, 0.4) is 0 Å². The van der Waals surface area contributed by atoms with Crippen LogP contribution >= 0.6 is 22.7 Å². The van der Waals surface area contributed by atoms with Crippen molar-refractivity contribution in [1.82, 2.24) is 9.80 Å². The number of nitrogens with one attached hydrogen (secondary N) is 1. The first-order valence-corrected chi connectivity index (χ1v) is 11.8. The van der Waals surface area contributed by atoms with E-state index in [1.165, 1.54) is 17.4 Å². The number of aryl methyl sites for hydroxylation is 1. The zero-order chi connectivity index (χ0) is 21.3. The maximum absolute atomic E-state index is 15.0. The molecule has 4 rings (SSSR count). The van der Waals surface area contributed by atoms with Gasteiger partial charge in [0.15, 0.2) is 0 Å². The fraction of sp³-hybridized carbons (Fsp3) is 0.348. The number of hydrogen-bond acceptors (Lipinski definition) is 5. The minimum atomic E-state index is -0.233. The molecule has 3 aromatic rings. The van der Waals surface area contributed by atoms with Crippen LogP contribution in [0, 0.1) is 19.7 Å². The van der Waals surface area contributed by atoms with Gasteiger partial charge in [-0.1, -0.05) is 24.3 Å². The summed E-state index contributed by atoms with van der Waals surface area (Å²) in [6, 6.07) is 10.5. The number of hydrogen-bond donors (Lipinski definition) is 1. The van der Waals surface area contributed by atoms with E-state index in [4.69, 9.17) is 0 Å². The lowest BCUT2D eigenvalue weighted by molar-refractivity contribution is 0.103. The summed E-state index contributed by atoms with van der Waals surface area (Å²) >= 11 is 2.99. The van der Waals surface area contributed by atoms with Crippen LogP contribution in [0.2, 0.25) is 0 Å². The van der Waals surface area contributed by atoms with Crippen molar-refractivity contribution in [2.24, 2.45) is 0 Å². The SMILES string of the molecule is Cc1sc(NC(=O)c2cccs2)c([C@@H](c2ccccc2F)N2CCN(C)CC2)c1C. The number of halogens is 1. The van der Waals surface area contributed by atoms with Gasteiger partial charge in [0.05, 0.1) is 10.9 Å². The molecule has 1 amide bonds. The molecule has 1 aromatic carbocycles. The number of piperazine rings is 1. The lowest BCUT2D eigenvalue weighted by Crippen LogP contribution is -2.46. The molecule has 0 aliphatic carbocycles. The summed E-state index contributed by atoms with van der Waals surface area (Å²) in [6.45, 7) is 7.71. The Labute approximate surface area is 185 Å². The predicted octanol–water partition coefficient (Wildman–Crippen LogP) is 5.15. The van der Waals surface area contributed by atoms with Crippen molar-refractivity contribution in [3.8, 4) is 0 Å². The average molecular weight is 444 g/mol. The number of anilines is 1. The van der Waals surface area contributed by atoms with E-state index < -0.39 is 0 Å². The van der Waals surface area contributed by atoms with Crippen molar-refractivity contribution < 1.29 is 9.18 Å². The van der Waals surface area contributed by atoms with E-state index in [0.717, 1.165) is 47.2 Å². The Morgan fingerprint density at radius 2 is 1.83 bits per heavy atom. The Hall–Kier alpha value is -2.06. The first-order valence-electron chi connectivity index (χ1n) is 10.1. The van der Waals surface area contributed by atoms with Crippen molar-refractivity contribution in [2.75, 3.05) is 38.5 Å². The lowest BCUT2D eigenvalue weighted by atomic mass is 9.94. The maximum Gasteiger partial charge on any atom is 0.266 e. The normalized spacial score (nSPS) is 16.5. The molecule has 3 heterocycles. The lowest BCUT2D eigenvalue weighted by Gasteiger charge is -2.39. The van der Waals surface area contributed by atoms with Crippen LogP contribution in [0.1, 0.15) is 37.3 Å². The first kappa shape index (κ1) is 21.2. The predicted molar refractivity (Wildman–Crippen MR) is 123 cm³/mol. The molecule has 1 aliphatic rings. The monoisotopic (exact) mass is 443 g/mol. The van der Waals surface area contributed by atoms with E-state index in [2.05, 4.69) is 36.0 Å². The summed E-state index contributed by atoms with van der Waals surface area (Å²) in [5.41, 5.74) is 2.79. The summed E-state index contributed by atoms with van der Waals surface area (Å²) in [5, 5.41) is 5.83. The molecule has 1 atom stereocenters. The number of thiophene rings is 2. The highest BCUT2D eigenvalue weighted by molar-refractivity contribution is 7.17. The quantitative estimate of drug-likeness (QED) is 0.592. The highest BCUT2D eigenvalue weighted by atomic mass is 32.1. The summed E-state index contributed by atoms with van der Waals surface area (Å²) in [5.74, 6) is -0.321. The zero-order valence-electron chi connectivity index (χ0n) is 17.4. The molecule has 0 radical (unpaired) electrons. The Balaban J connectivity index is 1.78. The fourth-order valence-electron chi connectivity index (χ4n) is 3.95. The Morgan fingerprint density at radius 3 is 2.50 bits per heavy atom. The maximum atomic E-state index is 15.0. The summed E-state index contributed by atoms with van der Waals surface area (Å²) in [6.07, 6.45) is 0. The first-order chi connectivity index (χ1) is 14.5. The van der Waals surface area contributed by atoms with E-state index >= 15 is 0 Å². The van der Waals surface area contributed by atoms with E-state index in [0.29, 0.717) is 10.4 Å². The minimum absolute atomic E-state index is 0.113. The summed E-state index contributed by atoms with van der Waals surface area (Å²) in [4.78, 5) is 19.3. The average Bonchev–Trinajstić information content (AvgIpc) is 3.35. The van der Waals surface area contributed by atoms with Crippen LogP contribution in [-0.4, -0.2) is 48.9 Å². The molecule has 2 aromatic heterocycles. The van der Waals surface area contributed by atoms with Gasteiger partial charge in [-0.15, -0.1) is 22.7 Å². The Kier molecular flexibility index (Phi) is 6.34. The Bertz CT molecular complexity index is 1020. The second-order valence-electron chi connectivity index (χ2n) is 7.72. The number of carbonyl (C=O) groups excluding carboxylic acids is 1. The zero-order valence-corrected chi connectivity index (χ0v) is 19.1. The van der Waals surface area contributed by atoms with Crippen LogP contribution in [0.15, 0.2) is 41.8 Å². The van der Waals surface area contributed by atoms with Crippen LogP contribution in [0.4, 0.5) is 9.39 Å². The van der Waals surface area contributed by atoms with Gasteiger partial charge in [0.25, 0.3) is 5.91 Å². The van der Waals surface area contributed by atoms with Gasteiger partial charge >= 0.3 is 0 Å². The smallest absolute Gasteiger partial charge is 0.266 e. The molecule has 0 saturated carbocycles. The number of likely N-dealkylation sites (N-methyl/N-ethyl adjacent to an activating group) is 1. The molecule has 1 N–H and O–H groups in total. The van der Waals surface area contributed by atoms with Crippen LogP contribution in [0.5, 0.6) is 0 Å². The third-order valence-electron chi connectivity index (χ3n) is 5.78. The fourth-order valence-corrected chi connectivity index (χ4v) is 5.66. The molecule has 1 saturated heterocycles. The second-order valence-corrected chi connectivity index (χ2v) is 9.89. The molecule has 4 nitrogen and oxygen atoms in total. The molecule has 0 unspecified atom stereocenters. The van der Waals surface area contributed by atoms with Crippen LogP contribution < -0.4 is 5.32 Å². The minimum Gasteiger partial charge on any atom is -0.313 e. The molecule has 7 heteroatoms. The third-order valence-corrected chi connectivity index (χ3v) is 7.79. The van der Waals surface area contributed by atoms with Crippen molar-refractivity contribution in [1.29, 1.82) is 0 Å². The van der Waals surface area contributed by atoms with Crippen LogP contribution in [-0.2, 0) is 0 Å². The standard InChI is InChI=1S/C23H26FN3OS2/c1-15-16(2)30-23(25-22(28)19-9-6-14-29-19)20(15)21(17-7-4-5-8-18(17)24)27-12-10-26(3)11-13-27/h4-9,14,21H,10-13H2,1-3H3,(H,25,28)/t21-/m1/s1. The molecule has 1 fully saturated rings. The van der Waals surface area contributed by atoms with Crippen molar-refractivity contribution in [3.63, 3.8) is 0 Å². The molecule has 1 aliphatic heterocycles. The summed E-state index contributed by atoms with van der Waals surface area (Å²) < 4.78 is 15.0. The molecular formula is C23H26FN3OS2. The number of benzene rings is 1. The molecule has 0 spiro atoms. The van der Waals surface area contributed by atoms with Gasteiger partial charge in [-0.2, -0.15) is 0 Å². The van der Waals surface area contributed by atoms with Crippen molar-refractivity contribution in [3.05, 3.63) is 74.0 Å². The van der Waals surface area contributed by atoms with Gasteiger partial charge in [0, 0.05) is 42.2 Å². The number of rotatable bonds is 5. The third kappa shape index (κ3) is 4.21. The largest absolute Gasteiger partial charge is 0.313 e. The Morgan fingerprint density at radius 1 is 1.10 bits per heavy atom. The van der Waals surface area contributed by atoms with Gasteiger partial charge in [-0.25, -0.2) is 4.39 Å². The van der Waals surface area contributed by atoms with Gasteiger partial charge in [0.1, 0.15) is 10.8 Å². The summed E-state index contributed by atoms with van der Waals surface area (Å²) in [7, 11) is 2.11. The molecular weight excluding hydrogens is 417 g/mol. The van der Waals surface area contributed by atoms with E-state index in [9.17, 15) is 9.18 Å². The topological polar surface area (TPSA) is 35.6 Å². The van der Waals surface area contributed by atoms with E-state index in [1.54, 1.807) is 17.4 Å². The van der Waals surface area contributed by atoms with Crippen molar-refractivity contribution in [2.45, 2.75) is 19.9 Å². The second kappa shape index (κ2) is 8.98. The van der Waals surface area contributed by atoms with Crippen LogP contribution in [0.25, 0.3) is 0 Å². The molecule has 0 bridgehead atoms. The van der Waals surface area contributed by atoms with Gasteiger partial charge in [-0.3, -0.25) is 9.69 Å². The van der Waals surface area contributed by atoms with Gasteiger partial charge in [0.2, 0.25) is 0 Å².